The van der Waals surface area contributed by atoms with Crippen molar-refractivity contribution in [2.24, 2.45) is 0 Å². The number of carbonyl (C=O) groups is 1. The molecule has 0 aliphatic carbocycles. The number of ether oxygens (including phenoxy) is 1. The van der Waals surface area contributed by atoms with Crippen molar-refractivity contribution in [3.63, 3.8) is 0 Å². The van der Waals surface area contributed by atoms with Crippen molar-refractivity contribution >= 4 is 11.7 Å². The van der Waals surface area contributed by atoms with Gasteiger partial charge in [-0.05, 0) is 37.3 Å². The molecule has 0 atom stereocenters. The molecule has 1 rings (SSSR count). The van der Waals surface area contributed by atoms with Gasteiger partial charge in [-0.3, -0.25) is 4.79 Å². The summed E-state index contributed by atoms with van der Waals surface area (Å²) in [5.41, 5.74) is 3.93. The van der Waals surface area contributed by atoms with Crippen LogP contribution >= 0.6 is 0 Å². The van der Waals surface area contributed by atoms with Gasteiger partial charge in [-0.2, -0.15) is 0 Å². The van der Waals surface area contributed by atoms with E-state index in [0.29, 0.717) is 13.0 Å². The number of hydrogen-bond donors (Lipinski definition) is 1. The van der Waals surface area contributed by atoms with Crippen LogP contribution in [0.2, 0.25) is 0 Å². The second-order valence-corrected chi connectivity index (χ2v) is 4.49. The zero-order valence-corrected chi connectivity index (χ0v) is 12.3. The molecular weight excluding hydrogens is 238 g/mol. The van der Waals surface area contributed by atoms with Gasteiger partial charge in [-0.25, -0.2) is 0 Å². The molecule has 19 heavy (non-hydrogen) atoms. The van der Waals surface area contributed by atoms with E-state index in [-0.39, 0.29) is 5.97 Å². The SMILES string of the molecule is CCOC(=O)CCCNc1c(CC)cccc1CC. The second-order valence-electron chi connectivity index (χ2n) is 4.49. The third kappa shape index (κ3) is 4.93. The molecule has 0 fully saturated rings. The van der Waals surface area contributed by atoms with Gasteiger partial charge in [-0.15, -0.1) is 0 Å². The van der Waals surface area contributed by atoms with Crippen molar-refractivity contribution < 1.29 is 9.53 Å². The average molecular weight is 263 g/mol. The van der Waals surface area contributed by atoms with E-state index in [2.05, 4.69) is 37.4 Å². The second kappa shape index (κ2) is 8.57. The summed E-state index contributed by atoms with van der Waals surface area (Å²) in [5, 5.41) is 3.47. The maximum atomic E-state index is 11.3. The van der Waals surface area contributed by atoms with E-state index in [0.717, 1.165) is 25.8 Å². The molecule has 0 heterocycles. The van der Waals surface area contributed by atoms with Gasteiger partial charge in [-0.1, -0.05) is 32.0 Å². The molecule has 0 radical (unpaired) electrons. The van der Waals surface area contributed by atoms with Gasteiger partial charge in [0.25, 0.3) is 0 Å². The number of para-hydroxylation sites is 1. The molecule has 3 nitrogen and oxygen atoms in total. The molecule has 1 aromatic rings. The Hall–Kier alpha value is -1.51. The van der Waals surface area contributed by atoms with E-state index in [4.69, 9.17) is 4.74 Å². The molecular formula is C16H25NO2. The average Bonchev–Trinajstić information content (AvgIpc) is 2.43. The predicted molar refractivity (Wildman–Crippen MR) is 79.6 cm³/mol. The summed E-state index contributed by atoms with van der Waals surface area (Å²) in [4.78, 5) is 11.3. The normalized spacial score (nSPS) is 10.3. The monoisotopic (exact) mass is 263 g/mol. The summed E-state index contributed by atoms with van der Waals surface area (Å²) >= 11 is 0. The van der Waals surface area contributed by atoms with E-state index in [1.54, 1.807) is 0 Å². The Morgan fingerprint density at radius 1 is 1.16 bits per heavy atom. The van der Waals surface area contributed by atoms with E-state index < -0.39 is 0 Å². The van der Waals surface area contributed by atoms with Crippen LogP contribution in [-0.2, 0) is 22.4 Å². The van der Waals surface area contributed by atoms with E-state index in [1.165, 1.54) is 16.8 Å². The smallest absolute Gasteiger partial charge is 0.305 e. The highest BCUT2D eigenvalue weighted by Gasteiger charge is 2.06. The molecule has 0 aliphatic rings. The topological polar surface area (TPSA) is 38.3 Å². The number of benzene rings is 1. The van der Waals surface area contributed by atoms with Crippen LogP contribution < -0.4 is 5.32 Å². The molecule has 1 N–H and O–H groups in total. The van der Waals surface area contributed by atoms with Gasteiger partial charge in [0.1, 0.15) is 0 Å². The van der Waals surface area contributed by atoms with Gasteiger partial charge in [0.15, 0.2) is 0 Å². The van der Waals surface area contributed by atoms with Crippen LogP contribution in [0.3, 0.4) is 0 Å². The first-order valence-electron chi connectivity index (χ1n) is 7.23. The Balaban J connectivity index is 2.50. The van der Waals surface area contributed by atoms with Crippen molar-refractivity contribution in [2.45, 2.75) is 46.5 Å². The Bertz CT molecular complexity index is 379. The standard InChI is InChI=1S/C16H25NO2/c1-4-13-9-7-10-14(5-2)16(13)17-12-8-11-15(18)19-6-3/h7,9-10,17H,4-6,8,11-12H2,1-3H3. The molecule has 106 valence electrons. The number of hydrogen-bond acceptors (Lipinski definition) is 3. The number of nitrogens with one attached hydrogen (secondary N) is 1. The molecule has 0 saturated heterocycles. The number of anilines is 1. The lowest BCUT2D eigenvalue weighted by Gasteiger charge is -2.15. The molecule has 0 aliphatic heterocycles. The first-order chi connectivity index (χ1) is 9.22. The molecule has 0 bridgehead atoms. The van der Waals surface area contributed by atoms with Crippen LogP contribution in [0.1, 0.15) is 44.7 Å². The summed E-state index contributed by atoms with van der Waals surface area (Å²) in [6.07, 6.45) is 3.33. The summed E-state index contributed by atoms with van der Waals surface area (Å²) in [6.45, 7) is 7.44. The Morgan fingerprint density at radius 2 is 1.79 bits per heavy atom. The lowest BCUT2D eigenvalue weighted by Crippen LogP contribution is -2.10. The van der Waals surface area contributed by atoms with Crippen LogP contribution in [0.4, 0.5) is 5.69 Å². The zero-order valence-electron chi connectivity index (χ0n) is 12.3. The van der Waals surface area contributed by atoms with Crippen LogP contribution in [0.15, 0.2) is 18.2 Å². The van der Waals surface area contributed by atoms with Crippen molar-refractivity contribution in [1.82, 2.24) is 0 Å². The lowest BCUT2D eigenvalue weighted by molar-refractivity contribution is -0.143. The maximum absolute atomic E-state index is 11.3. The highest BCUT2D eigenvalue weighted by atomic mass is 16.5. The van der Waals surface area contributed by atoms with Crippen molar-refractivity contribution in [2.75, 3.05) is 18.5 Å². The minimum absolute atomic E-state index is 0.108. The molecule has 0 spiro atoms. The van der Waals surface area contributed by atoms with Gasteiger partial charge in [0.2, 0.25) is 0 Å². The van der Waals surface area contributed by atoms with Gasteiger partial charge < -0.3 is 10.1 Å². The molecule has 3 heteroatoms. The minimum Gasteiger partial charge on any atom is -0.466 e. The minimum atomic E-state index is -0.108. The highest BCUT2D eigenvalue weighted by Crippen LogP contribution is 2.22. The van der Waals surface area contributed by atoms with E-state index >= 15 is 0 Å². The third-order valence-electron chi connectivity index (χ3n) is 3.16. The summed E-state index contributed by atoms with van der Waals surface area (Å²) in [7, 11) is 0. The quantitative estimate of drug-likeness (QED) is 0.575. The molecule has 1 aromatic carbocycles. The summed E-state index contributed by atoms with van der Waals surface area (Å²) < 4.78 is 4.92. The predicted octanol–water partition coefficient (Wildman–Crippen LogP) is 3.57. The summed E-state index contributed by atoms with van der Waals surface area (Å²) in [5.74, 6) is -0.108. The maximum Gasteiger partial charge on any atom is 0.305 e. The van der Waals surface area contributed by atoms with Crippen LogP contribution in [0, 0.1) is 0 Å². The zero-order chi connectivity index (χ0) is 14.1. The van der Waals surface area contributed by atoms with E-state index in [1.807, 2.05) is 6.92 Å². The van der Waals surface area contributed by atoms with Gasteiger partial charge in [0.05, 0.1) is 6.61 Å². The molecule has 0 saturated carbocycles. The number of esters is 1. The first-order valence-corrected chi connectivity index (χ1v) is 7.23. The highest BCUT2D eigenvalue weighted by molar-refractivity contribution is 5.69. The molecule has 0 amide bonds. The molecule has 0 unspecified atom stereocenters. The van der Waals surface area contributed by atoms with E-state index in [9.17, 15) is 4.79 Å². The number of carbonyl (C=O) groups excluding carboxylic acids is 1. The van der Waals surface area contributed by atoms with Crippen LogP contribution in [-0.4, -0.2) is 19.1 Å². The lowest BCUT2D eigenvalue weighted by atomic mass is 10.0. The fourth-order valence-corrected chi connectivity index (χ4v) is 2.15. The first kappa shape index (κ1) is 15.5. The van der Waals surface area contributed by atoms with Crippen molar-refractivity contribution in [3.05, 3.63) is 29.3 Å². The summed E-state index contributed by atoms with van der Waals surface area (Å²) in [6, 6.07) is 6.43. The van der Waals surface area contributed by atoms with Crippen LogP contribution in [0.25, 0.3) is 0 Å². The fraction of sp³-hybridized carbons (Fsp3) is 0.562. The van der Waals surface area contributed by atoms with Gasteiger partial charge in [0, 0.05) is 18.7 Å². The third-order valence-corrected chi connectivity index (χ3v) is 3.16. The van der Waals surface area contributed by atoms with Gasteiger partial charge >= 0.3 is 5.97 Å². The Kier molecular flexibility index (Phi) is 7.01. The Labute approximate surface area is 116 Å². The number of aryl methyl sites for hydroxylation is 2. The van der Waals surface area contributed by atoms with Crippen molar-refractivity contribution in [3.8, 4) is 0 Å². The largest absolute Gasteiger partial charge is 0.466 e. The van der Waals surface area contributed by atoms with Crippen molar-refractivity contribution in [1.29, 1.82) is 0 Å². The Morgan fingerprint density at radius 3 is 2.32 bits per heavy atom. The fourth-order valence-electron chi connectivity index (χ4n) is 2.15. The number of rotatable bonds is 8. The van der Waals surface area contributed by atoms with Crippen LogP contribution in [0.5, 0.6) is 0 Å². The molecule has 0 aromatic heterocycles.